The lowest BCUT2D eigenvalue weighted by Gasteiger charge is -2.13. The SMILES string of the molecule is c1ccc(CNc2ccc3nc(-c4ccccc4)cc(-c4ccccc4)c3c2)cc1. The molecule has 0 amide bonds. The van der Waals surface area contributed by atoms with Gasteiger partial charge in [0.15, 0.2) is 0 Å². The van der Waals surface area contributed by atoms with Crippen molar-refractivity contribution in [3.8, 4) is 22.4 Å². The maximum absolute atomic E-state index is 4.96. The number of nitrogens with one attached hydrogen (secondary N) is 1. The first-order chi connectivity index (χ1) is 14.9. The van der Waals surface area contributed by atoms with Gasteiger partial charge in [0.1, 0.15) is 0 Å². The molecule has 0 aliphatic rings. The Morgan fingerprint density at radius 3 is 1.93 bits per heavy atom. The first kappa shape index (κ1) is 18.1. The number of aromatic nitrogens is 1. The third-order valence-corrected chi connectivity index (χ3v) is 5.30. The third kappa shape index (κ3) is 3.81. The van der Waals surface area contributed by atoms with Gasteiger partial charge in [-0.3, -0.25) is 0 Å². The molecule has 0 saturated heterocycles. The van der Waals surface area contributed by atoms with Gasteiger partial charge in [0, 0.05) is 23.2 Å². The molecule has 2 heteroatoms. The van der Waals surface area contributed by atoms with Crippen molar-refractivity contribution in [1.82, 2.24) is 4.98 Å². The number of nitrogens with zero attached hydrogens (tertiary/aromatic N) is 1. The molecule has 0 aliphatic carbocycles. The molecule has 30 heavy (non-hydrogen) atoms. The summed E-state index contributed by atoms with van der Waals surface area (Å²) in [5.41, 5.74) is 7.87. The smallest absolute Gasteiger partial charge is 0.0717 e. The van der Waals surface area contributed by atoms with Crippen molar-refractivity contribution in [2.24, 2.45) is 0 Å². The summed E-state index contributed by atoms with van der Waals surface area (Å²) in [4.78, 5) is 4.96. The zero-order valence-electron chi connectivity index (χ0n) is 16.6. The van der Waals surface area contributed by atoms with Gasteiger partial charge < -0.3 is 5.32 Å². The standard InChI is InChI=1S/C28H22N2/c1-4-10-21(11-5-1)20-29-24-16-17-27-26(18-24)25(22-12-6-2-7-13-22)19-28(30-27)23-14-8-3-9-15-23/h1-19,29H,20H2. The minimum atomic E-state index is 0.794. The third-order valence-electron chi connectivity index (χ3n) is 5.30. The molecule has 0 spiro atoms. The molecule has 4 aromatic carbocycles. The van der Waals surface area contributed by atoms with Gasteiger partial charge in [-0.2, -0.15) is 0 Å². The van der Waals surface area contributed by atoms with E-state index in [1.165, 1.54) is 16.7 Å². The summed E-state index contributed by atoms with van der Waals surface area (Å²) in [5, 5.41) is 4.70. The van der Waals surface area contributed by atoms with Crippen LogP contribution in [0.4, 0.5) is 5.69 Å². The molecular formula is C28H22N2. The van der Waals surface area contributed by atoms with Crippen molar-refractivity contribution < 1.29 is 0 Å². The van der Waals surface area contributed by atoms with Crippen LogP contribution in [0.5, 0.6) is 0 Å². The Morgan fingerprint density at radius 2 is 1.23 bits per heavy atom. The average molecular weight is 386 g/mol. The number of benzene rings is 4. The van der Waals surface area contributed by atoms with Crippen LogP contribution in [-0.4, -0.2) is 4.98 Å². The number of pyridine rings is 1. The fourth-order valence-corrected chi connectivity index (χ4v) is 3.75. The molecule has 5 rings (SSSR count). The second-order valence-corrected chi connectivity index (χ2v) is 7.36. The van der Waals surface area contributed by atoms with Crippen molar-refractivity contribution >= 4 is 16.6 Å². The van der Waals surface area contributed by atoms with Gasteiger partial charge in [-0.25, -0.2) is 4.98 Å². The second kappa shape index (κ2) is 8.22. The Hall–Kier alpha value is -3.91. The van der Waals surface area contributed by atoms with E-state index in [-0.39, 0.29) is 0 Å². The van der Waals surface area contributed by atoms with Crippen LogP contribution >= 0.6 is 0 Å². The Labute approximate surface area is 176 Å². The summed E-state index contributed by atoms with van der Waals surface area (Å²) in [5.74, 6) is 0. The quantitative estimate of drug-likeness (QED) is 0.346. The van der Waals surface area contributed by atoms with Crippen molar-refractivity contribution in [3.05, 3.63) is 121 Å². The van der Waals surface area contributed by atoms with Gasteiger partial charge in [-0.05, 0) is 41.0 Å². The van der Waals surface area contributed by atoms with E-state index in [0.29, 0.717) is 0 Å². The van der Waals surface area contributed by atoms with Crippen LogP contribution in [-0.2, 0) is 6.54 Å². The van der Waals surface area contributed by atoms with Crippen LogP contribution in [0.1, 0.15) is 5.56 Å². The van der Waals surface area contributed by atoms with Crippen LogP contribution in [0, 0.1) is 0 Å². The highest BCUT2D eigenvalue weighted by atomic mass is 14.9. The molecule has 1 aromatic heterocycles. The lowest BCUT2D eigenvalue weighted by atomic mass is 9.98. The van der Waals surface area contributed by atoms with Crippen LogP contribution in [0.3, 0.4) is 0 Å². The second-order valence-electron chi connectivity index (χ2n) is 7.36. The molecule has 0 aliphatic heterocycles. The maximum Gasteiger partial charge on any atom is 0.0717 e. The van der Waals surface area contributed by atoms with Gasteiger partial charge >= 0.3 is 0 Å². The summed E-state index contributed by atoms with van der Waals surface area (Å²) in [6.07, 6.45) is 0. The molecule has 144 valence electrons. The van der Waals surface area contributed by atoms with Crippen LogP contribution < -0.4 is 5.32 Å². The number of hydrogen-bond acceptors (Lipinski definition) is 2. The summed E-state index contributed by atoms with van der Waals surface area (Å²) in [7, 11) is 0. The van der Waals surface area contributed by atoms with Crippen molar-refractivity contribution in [2.75, 3.05) is 5.32 Å². The minimum absolute atomic E-state index is 0.794. The van der Waals surface area contributed by atoms with E-state index in [4.69, 9.17) is 4.98 Å². The first-order valence-electron chi connectivity index (χ1n) is 10.2. The zero-order valence-corrected chi connectivity index (χ0v) is 16.6. The number of rotatable bonds is 5. The Kier molecular flexibility index (Phi) is 4.97. The lowest BCUT2D eigenvalue weighted by Crippen LogP contribution is -1.99. The van der Waals surface area contributed by atoms with Crippen molar-refractivity contribution in [3.63, 3.8) is 0 Å². The maximum atomic E-state index is 4.96. The first-order valence-corrected chi connectivity index (χ1v) is 10.2. The average Bonchev–Trinajstić information content (AvgIpc) is 2.84. The van der Waals surface area contributed by atoms with Crippen molar-refractivity contribution in [2.45, 2.75) is 6.54 Å². The molecule has 1 heterocycles. The van der Waals surface area contributed by atoms with Crippen LogP contribution in [0.2, 0.25) is 0 Å². The highest BCUT2D eigenvalue weighted by Gasteiger charge is 2.10. The molecule has 0 bridgehead atoms. The molecule has 0 saturated carbocycles. The highest BCUT2D eigenvalue weighted by Crippen LogP contribution is 2.33. The monoisotopic (exact) mass is 386 g/mol. The molecule has 5 aromatic rings. The van der Waals surface area contributed by atoms with E-state index in [2.05, 4.69) is 108 Å². The minimum Gasteiger partial charge on any atom is -0.381 e. The Bertz CT molecular complexity index is 1260. The van der Waals surface area contributed by atoms with E-state index >= 15 is 0 Å². The number of anilines is 1. The van der Waals surface area contributed by atoms with Gasteiger partial charge in [0.05, 0.1) is 11.2 Å². The molecule has 0 unspecified atom stereocenters. The topological polar surface area (TPSA) is 24.9 Å². The molecular weight excluding hydrogens is 364 g/mol. The molecule has 0 radical (unpaired) electrons. The van der Waals surface area contributed by atoms with E-state index < -0.39 is 0 Å². The van der Waals surface area contributed by atoms with Crippen molar-refractivity contribution in [1.29, 1.82) is 0 Å². The van der Waals surface area contributed by atoms with Gasteiger partial charge in [0.25, 0.3) is 0 Å². The fraction of sp³-hybridized carbons (Fsp3) is 0.0357. The molecule has 2 nitrogen and oxygen atoms in total. The predicted molar refractivity (Wildman–Crippen MR) is 126 cm³/mol. The molecule has 0 fully saturated rings. The zero-order chi connectivity index (χ0) is 20.2. The largest absolute Gasteiger partial charge is 0.381 e. The Morgan fingerprint density at radius 1 is 0.600 bits per heavy atom. The normalized spacial score (nSPS) is 10.8. The van der Waals surface area contributed by atoms with Gasteiger partial charge in [-0.1, -0.05) is 91.0 Å². The Balaban J connectivity index is 1.60. The van der Waals surface area contributed by atoms with E-state index in [1.54, 1.807) is 0 Å². The lowest BCUT2D eigenvalue weighted by molar-refractivity contribution is 1.15. The summed E-state index contributed by atoms with van der Waals surface area (Å²) < 4.78 is 0. The molecule has 0 atom stereocenters. The van der Waals surface area contributed by atoms with Gasteiger partial charge in [0.2, 0.25) is 0 Å². The number of fused-ring (bicyclic) bond motifs is 1. The highest BCUT2D eigenvalue weighted by molar-refractivity contribution is 5.98. The molecule has 1 N–H and O–H groups in total. The van der Waals surface area contributed by atoms with E-state index in [9.17, 15) is 0 Å². The van der Waals surface area contributed by atoms with Gasteiger partial charge in [-0.15, -0.1) is 0 Å². The predicted octanol–water partition coefficient (Wildman–Crippen LogP) is 7.18. The summed E-state index contributed by atoms with van der Waals surface area (Å²) in [6, 6.07) is 40.0. The van der Waals surface area contributed by atoms with E-state index in [0.717, 1.165) is 34.4 Å². The fourth-order valence-electron chi connectivity index (χ4n) is 3.75. The summed E-state index contributed by atoms with van der Waals surface area (Å²) >= 11 is 0. The summed E-state index contributed by atoms with van der Waals surface area (Å²) in [6.45, 7) is 0.794. The van der Waals surface area contributed by atoms with Crippen LogP contribution in [0.15, 0.2) is 115 Å². The number of hydrogen-bond donors (Lipinski definition) is 1. The van der Waals surface area contributed by atoms with Crippen LogP contribution in [0.25, 0.3) is 33.3 Å². The van der Waals surface area contributed by atoms with E-state index in [1.807, 2.05) is 12.1 Å².